The summed E-state index contributed by atoms with van der Waals surface area (Å²) in [6, 6.07) is 5.10. The smallest absolute Gasteiger partial charge is 0.191 e. The molecule has 1 aromatic carbocycles. The average Bonchev–Trinajstić information content (AvgIpc) is 2.43. The van der Waals surface area contributed by atoms with Crippen molar-refractivity contribution in [2.24, 2.45) is 4.99 Å². The molecule has 0 saturated carbocycles. The zero-order valence-electron chi connectivity index (χ0n) is 11.9. The Morgan fingerprint density at radius 1 is 1.40 bits per heavy atom. The lowest BCUT2D eigenvalue weighted by Crippen LogP contribution is -2.38. The summed E-state index contributed by atoms with van der Waals surface area (Å²) in [6.07, 6.45) is 2.90. The van der Waals surface area contributed by atoms with E-state index in [-0.39, 0.29) is 5.82 Å². The van der Waals surface area contributed by atoms with Crippen molar-refractivity contribution in [1.82, 2.24) is 10.6 Å². The molecule has 0 aromatic heterocycles. The highest BCUT2D eigenvalue weighted by Crippen LogP contribution is 2.16. The van der Waals surface area contributed by atoms with Gasteiger partial charge in [0.25, 0.3) is 0 Å². The summed E-state index contributed by atoms with van der Waals surface area (Å²) in [5.74, 6) is 1.62. The van der Waals surface area contributed by atoms with E-state index in [1.165, 1.54) is 6.07 Å². The van der Waals surface area contributed by atoms with Gasteiger partial charge in [-0.2, -0.15) is 11.8 Å². The van der Waals surface area contributed by atoms with Crippen LogP contribution < -0.4 is 10.6 Å². The molecule has 0 heterocycles. The molecule has 1 aromatic rings. The Balaban J connectivity index is 2.42. The number of nitrogens with zero attached hydrogens (tertiary/aromatic N) is 1. The van der Waals surface area contributed by atoms with Crippen LogP contribution in [0.25, 0.3) is 0 Å². The van der Waals surface area contributed by atoms with Gasteiger partial charge in [-0.1, -0.05) is 6.07 Å². The van der Waals surface area contributed by atoms with Crippen LogP contribution in [-0.2, 0) is 6.42 Å². The molecule has 0 radical (unpaired) electrons. The van der Waals surface area contributed by atoms with E-state index in [9.17, 15) is 4.39 Å². The first kappa shape index (κ1) is 17.3. The van der Waals surface area contributed by atoms with E-state index >= 15 is 0 Å². The molecule has 1 rings (SSSR count). The number of halogens is 2. The molecule has 112 valence electrons. The maximum Gasteiger partial charge on any atom is 0.191 e. The van der Waals surface area contributed by atoms with Crippen LogP contribution in [0.1, 0.15) is 12.5 Å². The zero-order chi connectivity index (χ0) is 14.8. The van der Waals surface area contributed by atoms with E-state index in [0.717, 1.165) is 43.3 Å². The Hall–Kier alpha value is -0.750. The van der Waals surface area contributed by atoms with Gasteiger partial charge in [0.15, 0.2) is 5.96 Å². The SMILES string of the molecule is CCNC(=NCCSC)NCCc1ccc(F)c(Br)c1. The molecule has 0 aliphatic carbocycles. The maximum absolute atomic E-state index is 13.1. The fourth-order valence-corrected chi connectivity index (χ4v) is 2.31. The number of aliphatic imine (C=N–C) groups is 1. The van der Waals surface area contributed by atoms with Crippen LogP contribution >= 0.6 is 27.7 Å². The summed E-state index contributed by atoms with van der Waals surface area (Å²) in [5, 5.41) is 6.49. The average molecular weight is 362 g/mol. The number of thioether (sulfide) groups is 1. The minimum Gasteiger partial charge on any atom is -0.357 e. The van der Waals surface area contributed by atoms with Gasteiger partial charge in [-0.3, -0.25) is 4.99 Å². The molecule has 0 bridgehead atoms. The molecule has 0 saturated heterocycles. The second kappa shape index (κ2) is 10.0. The zero-order valence-corrected chi connectivity index (χ0v) is 14.3. The van der Waals surface area contributed by atoms with E-state index in [2.05, 4.69) is 37.8 Å². The summed E-state index contributed by atoms with van der Waals surface area (Å²) in [4.78, 5) is 4.47. The Kier molecular flexibility index (Phi) is 8.69. The quantitative estimate of drug-likeness (QED) is 0.445. The van der Waals surface area contributed by atoms with Gasteiger partial charge in [0.1, 0.15) is 5.82 Å². The van der Waals surface area contributed by atoms with Crippen LogP contribution in [0.15, 0.2) is 27.7 Å². The standard InChI is InChI=1S/C14H21BrFN3S/c1-3-17-14(19-8-9-20-2)18-7-6-11-4-5-13(16)12(15)10-11/h4-5,10H,3,6-9H2,1-2H3,(H2,17,18,19). The molecular weight excluding hydrogens is 341 g/mol. The van der Waals surface area contributed by atoms with Gasteiger partial charge in [-0.05, 0) is 53.2 Å². The Labute approximate surface area is 133 Å². The Morgan fingerprint density at radius 3 is 2.85 bits per heavy atom. The number of hydrogen-bond acceptors (Lipinski definition) is 2. The molecule has 20 heavy (non-hydrogen) atoms. The van der Waals surface area contributed by atoms with Crippen LogP contribution in [0, 0.1) is 5.82 Å². The van der Waals surface area contributed by atoms with Gasteiger partial charge >= 0.3 is 0 Å². The Bertz CT molecular complexity index is 440. The normalized spacial score (nSPS) is 11.5. The number of rotatable bonds is 7. The van der Waals surface area contributed by atoms with Crippen molar-refractivity contribution in [3.8, 4) is 0 Å². The lowest BCUT2D eigenvalue weighted by Gasteiger charge is -2.11. The highest BCUT2D eigenvalue weighted by Gasteiger charge is 2.01. The van der Waals surface area contributed by atoms with E-state index in [1.807, 2.05) is 13.0 Å². The second-order valence-electron chi connectivity index (χ2n) is 4.18. The molecule has 2 N–H and O–H groups in total. The third-order valence-corrected chi connectivity index (χ3v) is 3.80. The molecular formula is C14H21BrFN3S. The van der Waals surface area contributed by atoms with Crippen molar-refractivity contribution >= 4 is 33.7 Å². The third kappa shape index (κ3) is 6.61. The molecule has 0 aliphatic heterocycles. The van der Waals surface area contributed by atoms with E-state index in [4.69, 9.17) is 0 Å². The van der Waals surface area contributed by atoms with Crippen molar-refractivity contribution in [2.45, 2.75) is 13.3 Å². The Morgan fingerprint density at radius 2 is 2.20 bits per heavy atom. The number of benzene rings is 1. The first-order chi connectivity index (χ1) is 9.67. The highest BCUT2D eigenvalue weighted by molar-refractivity contribution is 9.10. The fourth-order valence-electron chi connectivity index (χ4n) is 1.61. The van der Waals surface area contributed by atoms with Crippen molar-refractivity contribution in [2.75, 3.05) is 31.6 Å². The predicted molar refractivity (Wildman–Crippen MR) is 90.2 cm³/mol. The molecule has 0 spiro atoms. The van der Waals surface area contributed by atoms with Crippen molar-refractivity contribution in [3.05, 3.63) is 34.1 Å². The fraction of sp³-hybridized carbons (Fsp3) is 0.500. The highest BCUT2D eigenvalue weighted by atomic mass is 79.9. The van der Waals surface area contributed by atoms with Crippen molar-refractivity contribution in [1.29, 1.82) is 0 Å². The van der Waals surface area contributed by atoms with Gasteiger partial charge in [0.2, 0.25) is 0 Å². The first-order valence-corrected chi connectivity index (χ1v) is 8.81. The van der Waals surface area contributed by atoms with Gasteiger partial charge < -0.3 is 10.6 Å². The first-order valence-electron chi connectivity index (χ1n) is 6.62. The number of guanidine groups is 1. The minimum absolute atomic E-state index is 0.228. The van der Waals surface area contributed by atoms with E-state index in [1.54, 1.807) is 17.8 Å². The second-order valence-corrected chi connectivity index (χ2v) is 6.02. The lowest BCUT2D eigenvalue weighted by molar-refractivity contribution is 0.620. The maximum atomic E-state index is 13.1. The summed E-state index contributed by atoms with van der Waals surface area (Å²) in [5.41, 5.74) is 1.09. The number of hydrogen-bond donors (Lipinski definition) is 2. The van der Waals surface area contributed by atoms with Crippen LogP contribution in [0.4, 0.5) is 4.39 Å². The van der Waals surface area contributed by atoms with E-state index in [0.29, 0.717) is 4.47 Å². The lowest BCUT2D eigenvalue weighted by atomic mass is 10.1. The van der Waals surface area contributed by atoms with Crippen LogP contribution in [0.5, 0.6) is 0 Å². The molecule has 0 amide bonds. The van der Waals surface area contributed by atoms with Crippen LogP contribution in [-0.4, -0.2) is 37.6 Å². The van der Waals surface area contributed by atoms with Crippen LogP contribution in [0.3, 0.4) is 0 Å². The van der Waals surface area contributed by atoms with E-state index < -0.39 is 0 Å². The minimum atomic E-state index is -0.228. The summed E-state index contributed by atoms with van der Waals surface area (Å²) >= 11 is 4.98. The van der Waals surface area contributed by atoms with Gasteiger partial charge in [-0.25, -0.2) is 4.39 Å². The third-order valence-electron chi connectivity index (χ3n) is 2.60. The molecule has 3 nitrogen and oxygen atoms in total. The number of nitrogens with one attached hydrogen (secondary N) is 2. The molecule has 0 fully saturated rings. The molecule has 0 aliphatic rings. The van der Waals surface area contributed by atoms with Gasteiger partial charge in [0.05, 0.1) is 11.0 Å². The summed E-state index contributed by atoms with van der Waals surface area (Å²) < 4.78 is 13.6. The van der Waals surface area contributed by atoms with Crippen LogP contribution in [0.2, 0.25) is 0 Å². The van der Waals surface area contributed by atoms with Gasteiger partial charge in [0, 0.05) is 18.8 Å². The molecule has 0 atom stereocenters. The summed E-state index contributed by atoms with van der Waals surface area (Å²) in [6.45, 7) is 4.46. The van der Waals surface area contributed by atoms with Gasteiger partial charge in [-0.15, -0.1) is 0 Å². The molecule has 6 heteroatoms. The topological polar surface area (TPSA) is 36.4 Å². The van der Waals surface area contributed by atoms with Crippen molar-refractivity contribution in [3.63, 3.8) is 0 Å². The van der Waals surface area contributed by atoms with Crippen molar-refractivity contribution < 1.29 is 4.39 Å². The predicted octanol–water partition coefficient (Wildman–Crippen LogP) is 3.05. The summed E-state index contributed by atoms with van der Waals surface area (Å²) in [7, 11) is 0. The largest absolute Gasteiger partial charge is 0.357 e. The molecule has 0 unspecified atom stereocenters. The monoisotopic (exact) mass is 361 g/mol.